The van der Waals surface area contributed by atoms with Crippen LogP contribution in [0, 0.1) is 0 Å². The van der Waals surface area contributed by atoms with Crippen LogP contribution < -0.4 is 5.32 Å². The third kappa shape index (κ3) is 4.35. The van der Waals surface area contributed by atoms with Gasteiger partial charge in [0.1, 0.15) is 0 Å². The van der Waals surface area contributed by atoms with E-state index >= 15 is 0 Å². The monoisotopic (exact) mass is 210 g/mol. The van der Waals surface area contributed by atoms with Crippen molar-refractivity contribution in [2.24, 2.45) is 0 Å². The molecule has 1 atom stereocenters. The molecule has 0 spiro atoms. The number of nitrogens with one attached hydrogen (secondary N) is 1. The fourth-order valence-electron chi connectivity index (χ4n) is 2.31. The van der Waals surface area contributed by atoms with Gasteiger partial charge in [0.2, 0.25) is 0 Å². The van der Waals surface area contributed by atoms with E-state index in [1.807, 2.05) is 7.05 Å². The first-order valence-electron chi connectivity index (χ1n) is 6.33. The number of hydrogen-bond donors (Lipinski definition) is 1. The predicted octanol–water partition coefficient (Wildman–Crippen LogP) is 2.42. The van der Waals surface area contributed by atoms with Gasteiger partial charge in [-0.3, -0.25) is 4.90 Å². The fraction of sp³-hybridized carbons (Fsp3) is 0.846. The molecular weight excluding hydrogens is 184 g/mol. The van der Waals surface area contributed by atoms with Crippen LogP contribution in [-0.2, 0) is 0 Å². The third-order valence-electron chi connectivity index (χ3n) is 3.40. The molecule has 1 rings (SSSR count). The number of likely N-dealkylation sites (tertiary alicyclic amines) is 1. The smallest absolute Gasteiger partial charge is 0.0193 e. The standard InChI is InChI=1S/C13H26N2/c1-4-12(2)11-15-10-6-5-7-13(15)8-9-14-3/h13-14H,2,4-11H2,1,3H3. The first-order valence-corrected chi connectivity index (χ1v) is 6.33. The van der Waals surface area contributed by atoms with Crippen LogP contribution in [0.4, 0.5) is 0 Å². The van der Waals surface area contributed by atoms with Gasteiger partial charge in [0.25, 0.3) is 0 Å². The Bertz CT molecular complexity index is 189. The van der Waals surface area contributed by atoms with E-state index in [9.17, 15) is 0 Å². The molecule has 1 aliphatic rings. The topological polar surface area (TPSA) is 15.3 Å². The van der Waals surface area contributed by atoms with Crippen LogP contribution in [0.3, 0.4) is 0 Å². The quantitative estimate of drug-likeness (QED) is 0.677. The molecule has 88 valence electrons. The molecule has 0 aromatic rings. The van der Waals surface area contributed by atoms with Crippen molar-refractivity contribution in [3.63, 3.8) is 0 Å². The highest BCUT2D eigenvalue weighted by atomic mass is 15.2. The second-order valence-corrected chi connectivity index (χ2v) is 4.62. The van der Waals surface area contributed by atoms with Gasteiger partial charge in [-0.15, -0.1) is 0 Å². The van der Waals surface area contributed by atoms with E-state index in [2.05, 4.69) is 23.7 Å². The van der Waals surface area contributed by atoms with E-state index in [-0.39, 0.29) is 0 Å². The van der Waals surface area contributed by atoms with Gasteiger partial charge in [-0.2, -0.15) is 0 Å². The Morgan fingerprint density at radius 2 is 2.27 bits per heavy atom. The second kappa shape index (κ2) is 7.02. The van der Waals surface area contributed by atoms with Gasteiger partial charge >= 0.3 is 0 Å². The van der Waals surface area contributed by atoms with E-state index < -0.39 is 0 Å². The van der Waals surface area contributed by atoms with E-state index in [1.54, 1.807) is 0 Å². The molecule has 0 bridgehead atoms. The molecule has 15 heavy (non-hydrogen) atoms. The zero-order chi connectivity index (χ0) is 11.1. The van der Waals surface area contributed by atoms with Gasteiger partial charge in [-0.25, -0.2) is 0 Å². The summed E-state index contributed by atoms with van der Waals surface area (Å²) in [6, 6.07) is 0.787. The first kappa shape index (κ1) is 12.7. The summed E-state index contributed by atoms with van der Waals surface area (Å²) in [4.78, 5) is 2.63. The summed E-state index contributed by atoms with van der Waals surface area (Å²) >= 11 is 0. The zero-order valence-corrected chi connectivity index (χ0v) is 10.4. The van der Waals surface area contributed by atoms with Gasteiger partial charge in [0.05, 0.1) is 0 Å². The van der Waals surface area contributed by atoms with Crippen LogP contribution in [0.15, 0.2) is 12.2 Å². The highest BCUT2D eigenvalue weighted by Crippen LogP contribution is 2.20. The van der Waals surface area contributed by atoms with Crippen molar-refractivity contribution >= 4 is 0 Å². The number of piperidine rings is 1. The lowest BCUT2D eigenvalue weighted by atomic mass is 9.98. The van der Waals surface area contributed by atoms with Gasteiger partial charge < -0.3 is 5.32 Å². The van der Waals surface area contributed by atoms with Crippen molar-refractivity contribution in [3.05, 3.63) is 12.2 Å². The van der Waals surface area contributed by atoms with Crippen LogP contribution in [-0.4, -0.2) is 37.6 Å². The maximum atomic E-state index is 4.12. The highest BCUT2D eigenvalue weighted by Gasteiger charge is 2.21. The molecule has 0 amide bonds. The van der Waals surface area contributed by atoms with Crippen LogP contribution in [0.5, 0.6) is 0 Å². The van der Waals surface area contributed by atoms with Crippen LogP contribution in [0.2, 0.25) is 0 Å². The summed E-state index contributed by atoms with van der Waals surface area (Å²) < 4.78 is 0. The number of nitrogens with zero attached hydrogens (tertiary/aromatic N) is 1. The van der Waals surface area contributed by atoms with Crippen molar-refractivity contribution < 1.29 is 0 Å². The van der Waals surface area contributed by atoms with Gasteiger partial charge in [-0.05, 0) is 45.8 Å². The van der Waals surface area contributed by atoms with Crippen molar-refractivity contribution in [3.8, 4) is 0 Å². The van der Waals surface area contributed by atoms with E-state index in [0.717, 1.165) is 25.6 Å². The molecule has 2 nitrogen and oxygen atoms in total. The number of hydrogen-bond acceptors (Lipinski definition) is 2. The number of rotatable bonds is 6. The molecule has 1 aliphatic heterocycles. The maximum Gasteiger partial charge on any atom is 0.0193 e. The molecule has 1 saturated heterocycles. The van der Waals surface area contributed by atoms with Gasteiger partial charge in [0, 0.05) is 12.6 Å². The Hall–Kier alpha value is -0.340. The van der Waals surface area contributed by atoms with Crippen LogP contribution in [0.1, 0.15) is 39.0 Å². The minimum absolute atomic E-state index is 0.787. The Balaban J connectivity index is 2.38. The normalized spacial score (nSPS) is 22.9. The summed E-state index contributed by atoms with van der Waals surface area (Å²) in [6.45, 7) is 9.85. The molecule has 0 saturated carbocycles. The molecule has 1 heterocycles. The molecule has 0 aromatic carbocycles. The lowest BCUT2D eigenvalue weighted by Gasteiger charge is -2.36. The van der Waals surface area contributed by atoms with E-state index in [4.69, 9.17) is 0 Å². The minimum Gasteiger partial charge on any atom is -0.320 e. The SMILES string of the molecule is C=C(CC)CN1CCCCC1CCNC. The minimum atomic E-state index is 0.787. The average molecular weight is 210 g/mol. The molecule has 1 fully saturated rings. The Morgan fingerprint density at radius 3 is 2.93 bits per heavy atom. The fourth-order valence-corrected chi connectivity index (χ4v) is 2.31. The van der Waals surface area contributed by atoms with Crippen molar-refractivity contribution in [1.29, 1.82) is 0 Å². The Morgan fingerprint density at radius 1 is 1.47 bits per heavy atom. The summed E-state index contributed by atoms with van der Waals surface area (Å²) in [5.41, 5.74) is 1.38. The lowest BCUT2D eigenvalue weighted by molar-refractivity contribution is 0.152. The van der Waals surface area contributed by atoms with E-state index in [1.165, 1.54) is 37.8 Å². The average Bonchev–Trinajstić information content (AvgIpc) is 2.28. The Kier molecular flexibility index (Phi) is 5.96. The van der Waals surface area contributed by atoms with Crippen molar-refractivity contribution in [2.45, 2.75) is 45.1 Å². The van der Waals surface area contributed by atoms with Crippen molar-refractivity contribution in [1.82, 2.24) is 10.2 Å². The van der Waals surface area contributed by atoms with E-state index in [0.29, 0.717) is 0 Å². The summed E-state index contributed by atoms with van der Waals surface area (Å²) in [7, 11) is 2.04. The third-order valence-corrected chi connectivity index (χ3v) is 3.40. The summed E-state index contributed by atoms with van der Waals surface area (Å²) in [5, 5.41) is 3.25. The lowest BCUT2D eigenvalue weighted by Crippen LogP contribution is -2.41. The highest BCUT2D eigenvalue weighted by molar-refractivity contribution is 4.97. The maximum absolute atomic E-state index is 4.12. The molecule has 0 aromatic heterocycles. The molecule has 1 unspecified atom stereocenters. The van der Waals surface area contributed by atoms with Gasteiger partial charge in [-0.1, -0.05) is 25.5 Å². The Labute approximate surface area is 94.7 Å². The molecule has 1 N–H and O–H groups in total. The van der Waals surface area contributed by atoms with Crippen molar-refractivity contribution in [2.75, 3.05) is 26.7 Å². The summed E-state index contributed by atoms with van der Waals surface area (Å²) in [5.74, 6) is 0. The predicted molar refractivity (Wildman–Crippen MR) is 67.2 cm³/mol. The summed E-state index contributed by atoms with van der Waals surface area (Å²) in [6.07, 6.45) is 6.55. The molecule has 0 aliphatic carbocycles. The van der Waals surface area contributed by atoms with Crippen LogP contribution in [0.25, 0.3) is 0 Å². The second-order valence-electron chi connectivity index (χ2n) is 4.62. The largest absolute Gasteiger partial charge is 0.320 e. The molecular formula is C13H26N2. The molecule has 0 radical (unpaired) electrons. The first-order chi connectivity index (χ1) is 7.27. The molecule has 2 heteroatoms. The van der Waals surface area contributed by atoms with Crippen LogP contribution >= 0.6 is 0 Å². The zero-order valence-electron chi connectivity index (χ0n) is 10.4. The van der Waals surface area contributed by atoms with Gasteiger partial charge in [0.15, 0.2) is 0 Å².